The smallest absolute Gasteiger partial charge is 0.0955 e. The van der Waals surface area contributed by atoms with E-state index in [-0.39, 0.29) is 0 Å². The zero-order chi connectivity index (χ0) is 5.28. The van der Waals surface area contributed by atoms with Crippen LogP contribution >= 0.6 is 15.9 Å². The summed E-state index contributed by atoms with van der Waals surface area (Å²) in [5.41, 5.74) is 0. The van der Waals surface area contributed by atoms with E-state index in [4.69, 9.17) is 0 Å². The molecule has 1 aliphatic rings. The Labute approximate surface area is 52.1 Å². The Kier molecular flexibility index (Phi) is 1.38. The first-order valence-corrected chi connectivity index (χ1v) is 2.91. The van der Waals surface area contributed by atoms with Gasteiger partial charge in [-0.2, -0.15) is 0 Å². The molecule has 0 aromatic heterocycles. The molecule has 2 heteroatoms. The molecule has 1 rings (SSSR count). The summed E-state index contributed by atoms with van der Waals surface area (Å²) in [4.78, 5) is 1.92. The summed E-state index contributed by atoms with van der Waals surface area (Å²) < 4.78 is 1.20. The van der Waals surface area contributed by atoms with Crippen molar-refractivity contribution >= 4 is 15.9 Å². The van der Waals surface area contributed by atoms with Gasteiger partial charge in [-0.1, -0.05) is 15.9 Å². The average Bonchev–Trinajstić information content (AvgIpc) is 1.87. The highest BCUT2D eigenvalue weighted by Crippen LogP contribution is 2.20. The van der Waals surface area contributed by atoms with Gasteiger partial charge in [0.15, 0.2) is 0 Å². The molecule has 0 fully saturated rings. The molecule has 0 spiro atoms. The maximum Gasteiger partial charge on any atom is 0.0955 e. The summed E-state index contributed by atoms with van der Waals surface area (Å²) in [5, 5.41) is 0. The van der Waals surface area contributed by atoms with Crippen LogP contribution in [-0.2, 0) is 0 Å². The van der Waals surface area contributed by atoms with Gasteiger partial charge in [0.25, 0.3) is 0 Å². The second-order valence-electron chi connectivity index (χ2n) is 1.52. The SMILES string of the molecule is CN1[C]CC(Br)=C1. The minimum atomic E-state index is 0.927. The first-order chi connectivity index (χ1) is 3.29. The Balaban J connectivity index is 2.50. The monoisotopic (exact) mass is 159 g/mol. The number of hydrogen-bond donors (Lipinski definition) is 0. The summed E-state index contributed by atoms with van der Waals surface area (Å²) in [7, 11) is 1.97. The van der Waals surface area contributed by atoms with Gasteiger partial charge in [0.1, 0.15) is 0 Å². The molecule has 0 aliphatic carbocycles. The molecular weight excluding hydrogens is 154 g/mol. The van der Waals surface area contributed by atoms with E-state index in [0.717, 1.165) is 6.42 Å². The predicted octanol–water partition coefficient (Wildman–Crippen LogP) is 1.60. The van der Waals surface area contributed by atoms with Gasteiger partial charge in [-0.05, 0) is 0 Å². The van der Waals surface area contributed by atoms with Crippen LogP contribution in [0, 0.1) is 6.54 Å². The normalized spacial score (nSPS) is 20.3. The summed E-state index contributed by atoms with van der Waals surface area (Å²) in [5.74, 6) is 0. The lowest BCUT2D eigenvalue weighted by atomic mass is 10.5. The van der Waals surface area contributed by atoms with Gasteiger partial charge in [-0.25, -0.2) is 0 Å². The van der Waals surface area contributed by atoms with Crippen LogP contribution in [0.2, 0.25) is 0 Å². The second kappa shape index (κ2) is 1.86. The lowest BCUT2D eigenvalue weighted by molar-refractivity contribution is 0.575. The third-order valence-corrected chi connectivity index (χ3v) is 1.32. The Bertz CT molecular complexity index is 98.3. The molecule has 0 saturated heterocycles. The zero-order valence-corrected chi connectivity index (χ0v) is 5.70. The molecule has 0 saturated carbocycles. The van der Waals surface area contributed by atoms with Gasteiger partial charge in [0.2, 0.25) is 0 Å². The Morgan fingerprint density at radius 1 is 2.00 bits per heavy atom. The summed E-state index contributed by atoms with van der Waals surface area (Å²) in [6.45, 7) is 3.06. The van der Waals surface area contributed by atoms with Gasteiger partial charge in [0, 0.05) is 24.2 Å². The lowest BCUT2D eigenvalue weighted by Crippen LogP contribution is -1.98. The fraction of sp³-hybridized carbons (Fsp3) is 0.400. The number of nitrogens with zero attached hydrogens (tertiary/aromatic N) is 1. The third-order valence-electron chi connectivity index (χ3n) is 0.831. The van der Waals surface area contributed by atoms with Gasteiger partial charge in [0.05, 0.1) is 6.54 Å². The molecule has 0 amide bonds. The van der Waals surface area contributed by atoms with Crippen molar-refractivity contribution in [1.82, 2.24) is 4.90 Å². The van der Waals surface area contributed by atoms with Gasteiger partial charge < -0.3 is 4.90 Å². The van der Waals surface area contributed by atoms with Crippen molar-refractivity contribution in [3.05, 3.63) is 17.2 Å². The first-order valence-electron chi connectivity index (χ1n) is 2.11. The summed E-state index contributed by atoms with van der Waals surface area (Å²) in [6.07, 6.45) is 2.93. The number of hydrogen-bond acceptors (Lipinski definition) is 1. The largest absolute Gasteiger partial charge is 0.369 e. The first kappa shape index (κ1) is 5.16. The van der Waals surface area contributed by atoms with E-state index < -0.39 is 0 Å². The standard InChI is InChI=1S/C5H6BrN/c1-7-3-2-5(6)4-7/h4H,2H2,1H3. The molecule has 1 aliphatic heterocycles. The van der Waals surface area contributed by atoms with Crippen LogP contribution in [0.25, 0.3) is 0 Å². The number of halogens is 1. The minimum Gasteiger partial charge on any atom is -0.369 e. The van der Waals surface area contributed by atoms with E-state index in [9.17, 15) is 0 Å². The van der Waals surface area contributed by atoms with Crippen LogP contribution in [0.4, 0.5) is 0 Å². The minimum absolute atomic E-state index is 0.927. The fourth-order valence-corrected chi connectivity index (χ4v) is 0.934. The number of rotatable bonds is 0. The second-order valence-corrected chi connectivity index (χ2v) is 2.54. The third kappa shape index (κ3) is 1.20. The van der Waals surface area contributed by atoms with E-state index in [0.29, 0.717) is 0 Å². The molecule has 1 heterocycles. The lowest BCUT2D eigenvalue weighted by Gasteiger charge is -2.00. The molecule has 0 bridgehead atoms. The predicted molar refractivity (Wildman–Crippen MR) is 32.6 cm³/mol. The van der Waals surface area contributed by atoms with E-state index in [1.807, 2.05) is 18.1 Å². The molecule has 7 heavy (non-hydrogen) atoms. The molecule has 38 valence electrons. The van der Waals surface area contributed by atoms with E-state index in [1.165, 1.54) is 4.48 Å². The van der Waals surface area contributed by atoms with Gasteiger partial charge in [-0.3, -0.25) is 0 Å². The highest BCUT2D eigenvalue weighted by molar-refractivity contribution is 9.11. The molecule has 1 nitrogen and oxygen atoms in total. The van der Waals surface area contributed by atoms with Crippen LogP contribution in [0.15, 0.2) is 10.7 Å². The zero-order valence-electron chi connectivity index (χ0n) is 4.11. The van der Waals surface area contributed by atoms with Crippen molar-refractivity contribution in [2.75, 3.05) is 7.05 Å². The Hall–Kier alpha value is 0.0200. The van der Waals surface area contributed by atoms with Crippen LogP contribution in [0.1, 0.15) is 6.42 Å². The Morgan fingerprint density at radius 2 is 2.71 bits per heavy atom. The molecule has 0 aromatic rings. The van der Waals surface area contributed by atoms with Crippen molar-refractivity contribution in [2.45, 2.75) is 6.42 Å². The van der Waals surface area contributed by atoms with Crippen LogP contribution in [0.3, 0.4) is 0 Å². The van der Waals surface area contributed by atoms with Gasteiger partial charge in [-0.15, -0.1) is 0 Å². The van der Waals surface area contributed by atoms with Crippen molar-refractivity contribution in [3.63, 3.8) is 0 Å². The fourth-order valence-electron chi connectivity index (χ4n) is 0.502. The quantitative estimate of drug-likeness (QED) is 0.520. The van der Waals surface area contributed by atoms with Crippen molar-refractivity contribution in [3.8, 4) is 0 Å². The molecule has 0 N–H and O–H groups in total. The topological polar surface area (TPSA) is 3.24 Å². The Morgan fingerprint density at radius 3 is 2.86 bits per heavy atom. The molecule has 0 aromatic carbocycles. The highest BCUT2D eigenvalue weighted by atomic mass is 79.9. The van der Waals surface area contributed by atoms with Crippen LogP contribution in [-0.4, -0.2) is 11.9 Å². The average molecular weight is 160 g/mol. The summed E-state index contributed by atoms with van der Waals surface area (Å²) in [6, 6.07) is 0. The molecule has 0 atom stereocenters. The maximum absolute atomic E-state index is 3.34. The van der Waals surface area contributed by atoms with Gasteiger partial charge >= 0.3 is 0 Å². The van der Waals surface area contributed by atoms with Crippen molar-refractivity contribution < 1.29 is 0 Å². The van der Waals surface area contributed by atoms with Crippen LogP contribution in [0.5, 0.6) is 0 Å². The van der Waals surface area contributed by atoms with Crippen molar-refractivity contribution in [2.24, 2.45) is 0 Å². The van der Waals surface area contributed by atoms with E-state index >= 15 is 0 Å². The van der Waals surface area contributed by atoms with E-state index in [2.05, 4.69) is 22.5 Å². The molecular formula is C5H6BrN. The molecule has 0 unspecified atom stereocenters. The highest BCUT2D eigenvalue weighted by Gasteiger charge is 2.04. The van der Waals surface area contributed by atoms with Crippen LogP contribution < -0.4 is 0 Å². The summed E-state index contributed by atoms with van der Waals surface area (Å²) >= 11 is 3.34. The maximum atomic E-state index is 3.34. The van der Waals surface area contributed by atoms with Crippen molar-refractivity contribution in [1.29, 1.82) is 0 Å². The molecule has 2 radical (unpaired) electrons. The van der Waals surface area contributed by atoms with E-state index in [1.54, 1.807) is 0 Å².